The maximum atomic E-state index is 12.6. The van der Waals surface area contributed by atoms with Gasteiger partial charge in [-0.2, -0.15) is 13.2 Å². The Kier molecular flexibility index (Phi) is 11.2. The first-order chi connectivity index (χ1) is 18.9. The number of carbonyl (C=O) groups is 1. The monoisotopic (exact) mass is 578 g/mol. The first-order valence-electron chi connectivity index (χ1n) is 12.7. The van der Waals surface area contributed by atoms with Crippen LogP contribution in [-0.4, -0.2) is 68.3 Å². The second-order valence-electron chi connectivity index (χ2n) is 9.45. The molecule has 2 aromatic carbocycles. The van der Waals surface area contributed by atoms with Crippen LogP contribution >= 0.6 is 0 Å². The second-order valence-corrected chi connectivity index (χ2v) is 11.2. The lowest BCUT2D eigenvalue weighted by atomic mass is 10.0. The summed E-state index contributed by atoms with van der Waals surface area (Å²) < 4.78 is 59.7. The Hall–Kier alpha value is -3.32. The summed E-state index contributed by atoms with van der Waals surface area (Å²) in [5.41, 5.74) is 4.19. The van der Waals surface area contributed by atoms with E-state index >= 15 is 0 Å². The molecule has 1 saturated heterocycles. The lowest BCUT2D eigenvalue weighted by molar-refractivity contribution is -0.192. The van der Waals surface area contributed by atoms with E-state index in [4.69, 9.17) is 9.90 Å². The van der Waals surface area contributed by atoms with Gasteiger partial charge in [0, 0.05) is 37.4 Å². The average Bonchev–Trinajstić information content (AvgIpc) is 2.93. The molecule has 1 aliphatic rings. The first-order valence-corrected chi connectivity index (χ1v) is 14.2. The Morgan fingerprint density at radius 2 is 1.70 bits per heavy atom. The molecular weight excluding hydrogens is 545 g/mol. The molecule has 1 aromatic heterocycles. The van der Waals surface area contributed by atoms with Gasteiger partial charge in [-0.3, -0.25) is 4.98 Å². The first kappa shape index (κ1) is 31.2. The van der Waals surface area contributed by atoms with Crippen LogP contribution in [0.5, 0.6) is 0 Å². The normalized spacial score (nSPS) is 14.8. The van der Waals surface area contributed by atoms with Crippen molar-refractivity contribution in [1.82, 2.24) is 19.9 Å². The Morgan fingerprint density at radius 1 is 1.02 bits per heavy atom. The van der Waals surface area contributed by atoms with Crippen LogP contribution in [0.1, 0.15) is 24.1 Å². The lowest BCUT2D eigenvalue weighted by Gasteiger charge is -2.29. The zero-order chi connectivity index (χ0) is 29.2. The summed E-state index contributed by atoms with van der Waals surface area (Å²) >= 11 is 0. The number of sulfonamides is 1. The maximum absolute atomic E-state index is 12.6. The molecule has 0 atom stereocenters. The van der Waals surface area contributed by atoms with E-state index in [-0.39, 0.29) is 4.90 Å². The van der Waals surface area contributed by atoms with E-state index < -0.39 is 22.2 Å². The zero-order valence-electron chi connectivity index (χ0n) is 22.1. The SMILES string of the molecule is CN1CCC(NCc2cccc(-c3ccc(S(=O)(=O)NCCc4ccccn4)cc3)c2)CC1.O=C(O)C(F)(F)F. The van der Waals surface area contributed by atoms with Gasteiger partial charge in [-0.05, 0) is 80.0 Å². The third-order valence-corrected chi connectivity index (χ3v) is 7.86. The van der Waals surface area contributed by atoms with Crippen molar-refractivity contribution in [3.8, 4) is 11.1 Å². The molecule has 3 aromatic rings. The summed E-state index contributed by atoms with van der Waals surface area (Å²) in [7, 11) is -1.38. The van der Waals surface area contributed by atoms with E-state index in [0.29, 0.717) is 19.0 Å². The molecule has 0 radical (unpaired) electrons. The minimum Gasteiger partial charge on any atom is -0.475 e. The van der Waals surface area contributed by atoms with Gasteiger partial charge in [0.05, 0.1) is 4.90 Å². The van der Waals surface area contributed by atoms with Gasteiger partial charge in [0.1, 0.15) is 0 Å². The number of nitrogens with zero attached hydrogens (tertiary/aromatic N) is 2. The fourth-order valence-corrected chi connectivity index (χ4v) is 5.14. The van der Waals surface area contributed by atoms with E-state index in [0.717, 1.165) is 36.5 Å². The van der Waals surface area contributed by atoms with E-state index in [9.17, 15) is 21.6 Å². The Morgan fingerprint density at radius 3 is 2.30 bits per heavy atom. The van der Waals surface area contributed by atoms with Crippen molar-refractivity contribution >= 4 is 16.0 Å². The van der Waals surface area contributed by atoms with Gasteiger partial charge in [0.25, 0.3) is 0 Å². The molecule has 0 saturated carbocycles. The number of carboxylic acid groups (broad SMARTS) is 1. The zero-order valence-corrected chi connectivity index (χ0v) is 22.9. The largest absolute Gasteiger partial charge is 0.490 e. The highest BCUT2D eigenvalue weighted by molar-refractivity contribution is 7.89. The van der Waals surface area contributed by atoms with Gasteiger partial charge in [-0.25, -0.2) is 17.9 Å². The van der Waals surface area contributed by atoms with Crippen molar-refractivity contribution in [2.45, 2.75) is 42.9 Å². The number of halogens is 3. The van der Waals surface area contributed by atoms with Crippen molar-refractivity contribution in [1.29, 1.82) is 0 Å². The predicted molar refractivity (Wildman–Crippen MR) is 146 cm³/mol. The van der Waals surface area contributed by atoms with Gasteiger partial charge in [-0.1, -0.05) is 36.4 Å². The molecular formula is C28H33F3N4O4S. The van der Waals surface area contributed by atoms with Gasteiger partial charge in [0.15, 0.2) is 0 Å². The topological polar surface area (TPSA) is 112 Å². The van der Waals surface area contributed by atoms with Crippen molar-refractivity contribution in [2.75, 3.05) is 26.7 Å². The number of likely N-dealkylation sites (tertiary alicyclic amines) is 1. The van der Waals surface area contributed by atoms with Crippen LogP contribution in [0.25, 0.3) is 11.1 Å². The molecule has 2 heterocycles. The lowest BCUT2D eigenvalue weighted by Crippen LogP contribution is -2.40. The Labute approximate surface area is 232 Å². The number of nitrogens with one attached hydrogen (secondary N) is 2. The number of rotatable bonds is 9. The van der Waals surface area contributed by atoms with Gasteiger partial charge < -0.3 is 15.3 Å². The standard InChI is InChI=1S/C26H32N4O2S.C2HF3O2/c1-30-17-13-25(14-18-30)28-20-21-5-4-6-23(19-21)22-8-10-26(11-9-22)33(31,32)29-16-12-24-7-2-3-15-27-24;3-2(4,5)1(6)7/h2-11,15,19,25,28-29H,12-14,16-18,20H2,1H3;(H,6,7). The summed E-state index contributed by atoms with van der Waals surface area (Å²) in [6, 6.07) is 21.7. The van der Waals surface area contributed by atoms with E-state index in [1.165, 1.54) is 18.4 Å². The molecule has 8 nitrogen and oxygen atoms in total. The number of alkyl halides is 3. The number of aliphatic carboxylic acids is 1. The number of hydrogen-bond donors (Lipinski definition) is 3. The van der Waals surface area contributed by atoms with Crippen LogP contribution in [-0.2, 0) is 27.8 Å². The molecule has 216 valence electrons. The highest BCUT2D eigenvalue weighted by Gasteiger charge is 2.38. The van der Waals surface area contributed by atoms with Crippen LogP contribution in [0.2, 0.25) is 0 Å². The number of benzene rings is 2. The molecule has 0 bridgehead atoms. The third-order valence-electron chi connectivity index (χ3n) is 6.38. The summed E-state index contributed by atoms with van der Waals surface area (Å²) in [5, 5.41) is 10.8. The number of aromatic nitrogens is 1. The number of pyridine rings is 1. The van der Waals surface area contributed by atoms with Crippen molar-refractivity contribution in [3.05, 3.63) is 84.2 Å². The van der Waals surface area contributed by atoms with Crippen LogP contribution in [0.4, 0.5) is 13.2 Å². The van der Waals surface area contributed by atoms with Gasteiger partial charge in [-0.15, -0.1) is 0 Å². The maximum Gasteiger partial charge on any atom is 0.490 e. The quantitative estimate of drug-likeness (QED) is 0.351. The molecule has 4 rings (SSSR count). The highest BCUT2D eigenvalue weighted by atomic mass is 32.2. The molecule has 0 amide bonds. The van der Waals surface area contributed by atoms with E-state index in [2.05, 4.69) is 51.2 Å². The number of piperidine rings is 1. The molecule has 0 aliphatic carbocycles. The molecule has 0 spiro atoms. The second kappa shape index (κ2) is 14.4. The fraction of sp³-hybridized carbons (Fsp3) is 0.357. The van der Waals surface area contributed by atoms with Crippen molar-refractivity contribution < 1.29 is 31.5 Å². The Bertz CT molecular complexity index is 1330. The number of carboxylic acids is 1. The van der Waals surface area contributed by atoms with Crippen LogP contribution in [0.3, 0.4) is 0 Å². The molecule has 40 heavy (non-hydrogen) atoms. The Balaban J connectivity index is 0.000000559. The average molecular weight is 579 g/mol. The van der Waals surface area contributed by atoms with E-state index in [1.807, 2.05) is 30.3 Å². The van der Waals surface area contributed by atoms with Crippen LogP contribution < -0.4 is 10.0 Å². The van der Waals surface area contributed by atoms with Gasteiger partial charge in [0.2, 0.25) is 10.0 Å². The summed E-state index contributed by atoms with van der Waals surface area (Å²) in [4.78, 5) is 15.8. The van der Waals surface area contributed by atoms with Crippen molar-refractivity contribution in [3.63, 3.8) is 0 Å². The summed E-state index contributed by atoms with van der Waals surface area (Å²) in [6.45, 7) is 3.44. The van der Waals surface area contributed by atoms with Crippen LogP contribution in [0.15, 0.2) is 77.8 Å². The molecule has 1 fully saturated rings. The smallest absolute Gasteiger partial charge is 0.475 e. The molecule has 0 unspecified atom stereocenters. The summed E-state index contributed by atoms with van der Waals surface area (Å²) in [6.07, 6.45) is -0.455. The predicted octanol–water partition coefficient (Wildman–Crippen LogP) is 4.09. The minimum atomic E-state index is -5.08. The third kappa shape index (κ3) is 10.0. The highest BCUT2D eigenvalue weighted by Crippen LogP contribution is 2.23. The molecule has 1 aliphatic heterocycles. The molecule has 3 N–H and O–H groups in total. The van der Waals surface area contributed by atoms with E-state index in [1.54, 1.807) is 18.3 Å². The van der Waals surface area contributed by atoms with Crippen molar-refractivity contribution in [2.24, 2.45) is 0 Å². The minimum absolute atomic E-state index is 0.271. The molecule has 12 heteroatoms. The fourth-order valence-electron chi connectivity index (χ4n) is 4.11. The van der Waals surface area contributed by atoms with Gasteiger partial charge >= 0.3 is 12.1 Å². The number of hydrogen-bond acceptors (Lipinski definition) is 6. The van der Waals surface area contributed by atoms with Crippen LogP contribution in [0, 0.1) is 0 Å². The summed E-state index contributed by atoms with van der Waals surface area (Å²) in [5.74, 6) is -2.76.